The Bertz CT molecular complexity index is 1450. The molecular formula is C30H32F3N5O. The Morgan fingerprint density at radius 3 is 2.38 bits per heavy atom. The molecule has 0 radical (unpaired) electrons. The largest absolute Gasteiger partial charge is 0.418 e. The summed E-state index contributed by atoms with van der Waals surface area (Å²) >= 11 is 0. The molecule has 2 aromatic carbocycles. The molecule has 2 atom stereocenters. The summed E-state index contributed by atoms with van der Waals surface area (Å²) in [6.07, 6.45) is -2.98. The molecule has 39 heavy (non-hydrogen) atoms. The number of fused-ring (bicyclic) bond motifs is 1. The van der Waals surface area contributed by atoms with E-state index in [4.69, 9.17) is 14.7 Å². The van der Waals surface area contributed by atoms with Gasteiger partial charge in [0.15, 0.2) is 0 Å². The average Bonchev–Trinajstić information content (AvgIpc) is 2.87. The van der Waals surface area contributed by atoms with Gasteiger partial charge in [-0.15, -0.1) is 0 Å². The number of morpholine rings is 1. The summed E-state index contributed by atoms with van der Waals surface area (Å²) in [4.78, 5) is 16.0. The van der Waals surface area contributed by atoms with Crippen LogP contribution in [0.4, 0.5) is 24.7 Å². The maximum Gasteiger partial charge on any atom is 0.418 e. The van der Waals surface area contributed by atoms with Crippen LogP contribution in [0.2, 0.25) is 0 Å². The van der Waals surface area contributed by atoms with E-state index in [1.165, 1.54) is 17.8 Å². The molecule has 3 heterocycles. The average molecular weight is 536 g/mol. The van der Waals surface area contributed by atoms with Crippen LogP contribution in [0.3, 0.4) is 0 Å². The third-order valence-corrected chi connectivity index (χ3v) is 6.83. The molecule has 0 bridgehead atoms. The molecule has 9 heteroatoms. The van der Waals surface area contributed by atoms with Crippen LogP contribution in [0.1, 0.15) is 50.6 Å². The van der Waals surface area contributed by atoms with E-state index in [0.29, 0.717) is 40.6 Å². The number of nitrogens with one attached hydrogen (secondary N) is 1. The Balaban J connectivity index is 1.57. The second-order valence-corrected chi connectivity index (χ2v) is 10.5. The van der Waals surface area contributed by atoms with Crippen molar-refractivity contribution < 1.29 is 17.9 Å². The van der Waals surface area contributed by atoms with Crippen LogP contribution in [0, 0.1) is 0 Å². The molecule has 5 rings (SSSR count). The van der Waals surface area contributed by atoms with E-state index >= 15 is 0 Å². The van der Waals surface area contributed by atoms with Crippen molar-refractivity contribution in [2.24, 2.45) is 0 Å². The molecule has 0 aliphatic carbocycles. The number of rotatable bonds is 6. The number of nitrogens with zero attached hydrogens (tertiary/aromatic N) is 4. The van der Waals surface area contributed by atoms with Gasteiger partial charge in [-0.25, -0.2) is 9.97 Å². The van der Waals surface area contributed by atoms with Crippen LogP contribution >= 0.6 is 0 Å². The van der Waals surface area contributed by atoms with Crippen LogP contribution in [0.15, 0.2) is 60.8 Å². The van der Waals surface area contributed by atoms with E-state index in [0.717, 1.165) is 24.8 Å². The summed E-state index contributed by atoms with van der Waals surface area (Å²) in [5, 5.41) is 4.12. The zero-order valence-corrected chi connectivity index (χ0v) is 22.5. The zero-order valence-electron chi connectivity index (χ0n) is 22.5. The van der Waals surface area contributed by atoms with E-state index in [1.807, 2.05) is 26.0 Å². The molecule has 0 spiro atoms. The van der Waals surface area contributed by atoms with Crippen molar-refractivity contribution >= 4 is 22.4 Å². The summed E-state index contributed by atoms with van der Waals surface area (Å²) in [7, 11) is 0. The summed E-state index contributed by atoms with van der Waals surface area (Å²) in [5.41, 5.74) is 2.09. The lowest BCUT2D eigenvalue weighted by Gasteiger charge is -2.34. The predicted molar refractivity (Wildman–Crippen MR) is 147 cm³/mol. The minimum absolute atomic E-state index is 0.0859. The van der Waals surface area contributed by atoms with Gasteiger partial charge in [0.1, 0.15) is 11.6 Å². The number of hydrogen-bond donors (Lipinski definition) is 1. The molecule has 4 aromatic rings. The van der Waals surface area contributed by atoms with Gasteiger partial charge in [-0.3, -0.25) is 9.88 Å². The molecule has 1 aliphatic rings. The Morgan fingerprint density at radius 1 is 1.00 bits per heavy atom. The number of ether oxygens (including phenoxy) is 1. The van der Waals surface area contributed by atoms with Gasteiger partial charge >= 0.3 is 6.18 Å². The van der Waals surface area contributed by atoms with Crippen molar-refractivity contribution in [3.05, 3.63) is 77.7 Å². The standard InChI is InChI=1S/C30H32F3N5O/c1-18(2)21-7-10-23(11-8-21)35-29-24-12-9-22(28-25(30(31,32)33)6-5-13-34-28)14-26(24)36-27(37-29)17-38-15-19(3)39-20(4)16-38/h5-14,18-20H,15-17H2,1-4H3,(H,35,36,37)/t19-,20-/m0/s1. The first kappa shape index (κ1) is 27.0. The van der Waals surface area contributed by atoms with E-state index in [1.54, 1.807) is 18.2 Å². The summed E-state index contributed by atoms with van der Waals surface area (Å²) < 4.78 is 47.1. The molecule has 1 fully saturated rings. The van der Waals surface area contributed by atoms with E-state index in [9.17, 15) is 13.2 Å². The van der Waals surface area contributed by atoms with Crippen molar-refractivity contribution in [1.82, 2.24) is 19.9 Å². The fraction of sp³-hybridized carbons (Fsp3) is 0.367. The molecule has 1 N–H and O–H groups in total. The van der Waals surface area contributed by atoms with Crippen LogP contribution in [-0.2, 0) is 17.5 Å². The highest BCUT2D eigenvalue weighted by atomic mass is 19.4. The maximum atomic E-state index is 13.7. The first-order chi connectivity index (χ1) is 18.6. The second-order valence-electron chi connectivity index (χ2n) is 10.5. The zero-order chi connectivity index (χ0) is 27.7. The van der Waals surface area contributed by atoms with E-state index < -0.39 is 11.7 Å². The highest BCUT2D eigenvalue weighted by Gasteiger charge is 2.34. The third kappa shape index (κ3) is 6.20. The van der Waals surface area contributed by atoms with Gasteiger partial charge < -0.3 is 10.1 Å². The van der Waals surface area contributed by atoms with Gasteiger partial charge in [0.25, 0.3) is 0 Å². The lowest BCUT2D eigenvalue weighted by Crippen LogP contribution is -2.45. The highest BCUT2D eigenvalue weighted by Crippen LogP contribution is 2.37. The molecule has 204 valence electrons. The monoisotopic (exact) mass is 535 g/mol. The molecular weight excluding hydrogens is 503 g/mol. The van der Waals surface area contributed by atoms with Gasteiger partial charge in [0, 0.05) is 35.9 Å². The van der Waals surface area contributed by atoms with Crippen molar-refractivity contribution in [3.8, 4) is 11.3 Å². The Kier molecular flexibility index (Phi) is 7.55. The number of halogens is 3. The van der Waals surface area contributed by atoms with Crippen LogP contribution in [0.5, 0.6) is 0 Å². The first-order valence-electron chi connectivity index (χ1n) is 13.1. The Labute approximate surface area is 226 Å². The summed E-state index contributed by atoms with van der Waals surface area (Å²) in [6, 6.07) is 15.6. The molecule has 0 amide bonds. The Morgan fingerprint density at radius 2 is 1.72 bits per heavy atom. The number of benzene rings is 2. The molecule has 6 nitrogen and oxygen atoms in total. The highest BCUT2D eigenvalue weighted by molar-refractivity contribution is 5.93. The van der Waals surface area contributed by atoms with Crippen LogP contribution in [-0.4, -0.2) is 45.1 Å². The lowest BCUT2D eigenvalue weighted by molar-refractivity contribution is -0.137. The number of pyridine rings is 1. The molecule has 0 unspecified atom stereocenters. The number of hydrogen-bond acceptors (Lipinski definition) is 6. The van der Waals surface area contributed by atoms with Crippen molar-refractivity contribution in [2.45, 2.75) is 58.5 Å². The van der Waals surface area contributed by atoms with Gasteiger partial charge in [-0.1, -0.05) is 32.0 Å². The SMILES string of the molecule is CC(C)c1ccc(Nc2nc(CN3C[C@H](C)O[C@@H](C)C3)nc3cc(-c4ncccc4C(F)(F)F)ccc23)cc1. The van der Waals surface area contributed by atoms with Crippen molar-refractivity contribution in [1.29, 1.82) is 0 Å². The smallest absolute Gasteiger partial charge is 0.373 e. The third-order valence-electron chi connectivity index (χ3n) is 6.83. The number of anilines is 2. The summed E-state index contributed by atoms with van der Waals surface area (Å²) in [5.74, 6) is 1.60. The number of alkyl halides is 3. The topological polar surface area (TPSA) is 63.2 Å². The fourth-order valence-electron chi connectivity index (χ4n) is 5.06. The quantitative estimate of drug-likeness (QED) is 0.282. The summed E-state index contributed by atoms with van der Waals surface area (Å²) in [6.45, 7) is 10.3. The second kappa shape index (κ2) is 10.9. The van der Waals surface area contributed by atoms with E-state index in [-0.39, 0.29) is 17.9 Å². The maximum absolute atomic E-state index is 13.7. The van der Waals surface area contributed by atoms with Crippen molar-refractivity contribution in [3.63, 3.8) is 0 Å². The van der Waals surface area contributed by atoms with E-state index in [2.05, 4.69) is 41.2 Å². The normalized spacial score (nSPS) is 18.6. The minimum atomic E-state index is -4.52. The van der Waals surface area contributed by atoms with Crippen LogP contribution in [0.25, 0.3) is 22.2 Å². The predicted octanol–water partition coefficient (Wildman–Crippen LogP) is 7.19. The van der Waals surface area contributed by atoms with Gasteiger partial charge in [0.05, 0.1) is 35.5 Å². The van der Waals surface area contributed by atoms with Gasteiger partial charge in [0.2, 0.25) is 0 Å². The van der Waals surface area contributed by atoms with Crippen LogP contribution < -0.4 is 5.32 Å². The van der Waals surface area contributed by atoms with Gasteiger partial charge in [-0.2, -0.15) is 13.2 Å². The minimum Gasteiger partial charge on any atom is -0.373 e. The molecule has 2 aromatic heterocycles. The van der Waals surface area contributed by atoms with Crippen molar-refractivity contribution in [2.75, 3.05) is 18.4 Å². The van der Waals surface area contributed by atoms with Gasteiger partial charge in [-0.05, 0) is 61.7 Å². The Hall–Kier alpha value is -3.56. The first-order valence-corrected chi connectivity index (χ1v) is 13.1. The molecule has 1 aliphatic heterocycles. The fourth-order valence-corrected chi connectivity index (χ4v) is 5.06. The number of aromatic nitrogens is 3. The molecule has 1 saturated heterocycles. The lowest BCUT2D eigenvalue weighted by atomic mass is 10.0. The molecule has 0 saturated carbocycles.